The zero-order valence-electron chi connectivity index (χ0n) is 12.9. The van der Waals surface area contributed by atoms with Crippen LogP contribution in [-0.4, -0.2) is 42.8 Å². The molecule has 0 saturated carbocycles. The normalized spacial score (nSPS) is 25.1. The summed E-state index contributed by atoms with van der Waals surface area (Å²) in [7, 11) is 0. The summed E-state index contributed by atoms with van der Waals surface area (Å²) in [5.41, 5.74) is 6.62. The van der Waals surface area contributed by atoms with Gasteiger partial charge in [0.25, 0.3) is 0 Å². The second-order valence-electron chi connectivity index (χ2n) is 6.21. The highest BCUT2D eigenvalue weighted by Gasteiger charge is 2.43. The van der Waals surface area contributed by atoms with Gasteiger partial charge in [0.1, 0.15) is 17.5 Å². The van der Waals surface area contributed by atoms with Crippen molar-refractivity contribution in [3.05, 3.63) is 29.8 Å². The van der Waals surface area contributed by atoms with E-state index in [1.165, 1.54) is 0 Å². The van der Waals surface area contributed by atoms with Gasteiger partial charge in [-0.05, 0) is 45.3 Å². The Morgan fingerprint density at radius 1 is 1.29 bits per heavy atom. The summed E-state index contributed by atoms with van der Waals surface area (Å²) in [5, 5.41) is 0. The van der Waals surface area contributed by atoms with E-state index < -0.39 is 0 Å². The third kappa shape index (κ3) is 3.07. The average Bonchev–Trinajstić information content (AvgIpc) is 2.65. The fourth-order valence-electron chi connectivity index (χ4n) is 3.40. The molecule has 1 atom stereocenters. The van der Waals surface area contributed by atoms with Crippen molar-refractivity contribution >= 4 is 0 Å². The zero-order valence-corrected chi connectivity index (χ0v) is 12.9. The van der Waals surface area contributed by atoms with Crippen LogP contribution in [0.4, 0.5) is 0 Å². The van der Waals surface area contributed by atoms with Gasteiger partial charge in [0.05, 0.1) is 6.61 Å². The first-order chi connectivity index (χ1) is 10.2. The SMILES string of the molecule is CC1Oc2ccccc2COC12CCN(CCCN)CC2. The molecule has 2 aliphatic rings. The highest BCUT2D eigenvalue weighted by molar-refractivity contribution is 5.34. The molecule has 2 heterocycles. The van der Waals surface area contributed by atoms with Crippen molar-refractivity contribution in [1.29, 1.82) is 0 Å². The van der Waals surface area contributed by atoms with Gasteiger partial charge in [0.15, 0.2) is 0 Å². The predicted molar refractivity (Wildman–Crippen MR) is 83.4 cm³/mol. The lowest BCUT2D eigenvalue weighted by atomic mass is 9.86. The molecule has 0 bridgehead atoms. The van der Waals surface area contributed by atoms with Crippen LogP contribution in [0.1, 0.15) is 31.7 Å². The van der Waals surface area contributed by atoms with Crippen molar-refractivity contribution in [1.82, 2.24) is 4.90 Å². The number of fused-ring (bicyclic) bond motifs is 1. The van der Waals surface area contributed by atoms with Gasteiger partial charge in [0, 0.05) is 18.7 Å². The van der Waals surface area contributed by atoms with Gasteiger partial charge in [0.2, 0.25) is 0 Å². The highest BCUT2D eigenvalue weighted by Crippen LogP contribution is 2.37. The van der Waals surface area contributed by atoms with Crippen LogP contribution in [0.25, 0.3) is 0 Å². The largest absolute Gasteiger partial charge is 0.487 e. The van der Waals surface area contributed by atoms with Crippen LogP contribution in [0, 0.1) is 0 Å². The topological polar surface area (TPSA) is 47.7 Å². The lowest BCUT2D eigenvalue weighted by Crippen LogP contribution is -2.53. The molecular formula is C17H26N2O2. The van der Waals surface area contributed by atoms with Crippen LogP contribution in [0.3, 0.4) is 0 Å². The molecule has 4 nitrogen and oxygen atoms in total. The minimum Gasteiger partial charge on any atom is -0.487 e. The van der Waals surface area contributed by atoms with Crippen molar-refractivity contribution < 1.29 is 9.47 Å². The molecule has 1 unspecified atom stereocenters. The molecule has 1 fully saturated rings. The van der Waals surface area contributed by atoms with Gasteiger partial charge in [-0.25, -0.2) is 0 Å². The van der Waals surface area contributed by atoms with Crippen molar-refractivity contribution in [2.24, 2.45) is 5.73 Å². The molecule has 2 N–H and O–H groups in total. The van der Waals surface area contributed by atoms with Gasteiger partial charge in [-0.2, -0.15) is 0 Å². The van der Waals surface area contributed by atoms with Crippen LogP contribution in [0.15, 0.2) is 24.3 Å². The maximum Gasteiger partial charge on any atom is 0.125 e. The van der Waals surface area contributed by atoms with Crippen molar-refractivity contribution in [3.63, 3.8) is 0 Å². The van der Waals surface area contributed by atoms with Crippen LogP contribution in [-0.2, 0) is 11.3 Å². The molecule has 0 radical (unpaired) electrons. The Bertz CT molecular complexity index is 470. The van der Waals surface area contributed by atoms with Gasteiger partial charge < -0.3 is 20.1 Å². The summed E-state index contributed by atoms with van der Waals surface area (Å²) in [5.74, 6) is 0.979. The first-order valence-electron chi connectivity index (χ1n) is 8.04. The van der Waals surface area contributed by atoms with Crippen molar-refractivity contribution in [2.75, 3.05) is 26.2 Å². The number of rotatable bonds is 3. The van der Waals surface area contributed by atoms with E-state index in [-0.39, 0.29) is 11.7 Å². The molecule has 1 aromatic rings. The fraction of sp³-hybridized carbons (Fsp3) is 0.647. The van der Waals surface area contributed by atoms with Crippen LogP contribution in [0.5, 0.6) is 5.75 Å². The monoisotopic (exact) mass is 290 g/mol. The van der Waals surface area contributed by atoms with Crippen LogP contribution >= 0.6 is 0 Å². The molecular weight excluding hydrogens is 264 g/mol. The van der Waals surface area contributed by atoms with Gasteiger partial charge in [-0.1, -0.05) is 18.2 Å². The van der Waals surface area contributed by atoms with Gasteiger partial charge in [-0.3, -0.25) is 0 Å². The van der Waals surface area contributed by atoms with Crippen molar-refractivity contribution in [2.45, 2.75) is 44.5 Å². The van der Waals surface area contributed by atoms with Crippen molar-refractivity contribution in [3.8, 4) is 5.75 Å². The molecule has 21 heavy (non-hydrogen) atoms. The number of likely N-dealkylation sites (tertiary alicyclic amines) is 1. The Morgan fingerprint density at radius 3 is 2.81 bits per heavy atom. The number of para-hydroxylation sites is 1. The number of benzene rings is 1. The van der Waals surface area contributed by atoms with E-state index in [4.69, 9.17) is 15.2 Å². The zero-order chi connectivity index (χ0) is 14.7. The quantitative estimate of drug-likeness (QED) is 0.927. The molecule has 0 aliphatic carbocycles. The smallest absolute Gasteiger partial charge is 0.125 e. The molecule has 4 heteroatoms. The van der Waals surface area contributed by atoms with E-state index >= 15 is 0 Å². The summed E-state index contributed by atoms with van der Waals surface area (Å²) in [4.78, 5) is 2.49. The molecule has 0 amide bonds. The number of hydrogen-bond acceptors (Lipinski definition) is 4. The molecule has 1 saturated heterocycles. The third-order valence-electron chi connectivity index (χ3n) is 4.91. The fourth-order valence-corrected chi connectivity index (χ4v) is 3.40. The van der Waals surface area contributed by atoms with E-state index in [0.29, 0.717) is 6.61 Å². The summed E-state index contributed by atoms with van der Waals surface area (Å²) in [6.07, 6.45) is 3.24. The van der Waals surface area contributed by atoms with E-state index in [2.05, 4.69) is 17.9 Å². The molecule has 1 spiro atoms. The van der Waals surface area contributed by atoms with E-state index in [1.54, 1.807) is 0 Å². The first-order valence-corrected chi connectivity index (χ1v) is 8.04. The lowest BCUT2D eigenvalue weighted by molar-refractivity contribution is -0.136. The second-order valence-corrected chi connectivity index (χ2v) is 6.21. The Hall–Kier alpha value is -1.10. The summed E-state index contributed by atoms with van der Waals surface area (Å²) in [6, 6.07) is 8.21. The molecule has 1 aromatic carbocycles. The molecule has 0 aromatic heterocycles. The van der Waals surface area contributed by atoms with Gasteiger partial charge in [-0.15, -0.1) is 0 Å². The highest BCUT2D eigenvalue weighted by atomic mass is 16.6. The minimum absolute atomic E-state index is 0.0952. The standard InChI is InChI=1S/C17H26N2O2/c1-14-17(7-11-19(12-8-17)10-4-9-18)20-13-15-5-2-3-6-16(15)21-14/h2-3,5-6,14H,4,7-13,18H2,1H3. The van der Waals surface area contributed by atoms with E-state index in [9.17, 15) is 0 Å². The number of nitrogens with two attached hydrogens (primary N) is 1. The predicted octanol–water partition coefficient (Wildman–Crippen LogP) is 2.17. The Balaban J connectivity index is 1.67. The Labute approximate surface area is 127 Å². The maximum absolute atomic E-state index is 6.35. The number of ether oxygens (including phenoxy) is 2. The van der Waals surface area contributed by atoms with Gasteiger partial charge >= 0.3 is 0 Å². The molecule has 2 aliphatic heterocycles. The van der Waals surface area contributed by atoms with Crippen LogP contribution in [0.2, 0.25) is 0 Å². The maximum atomic E-state index is 6.35. The third-order valence-corrected chi connectivity index (χ3v) is 4.91. The molecule has 116 valence electrons. The lowest BCUT2D eigenvalue weighted by Gasteiger charge is -2.43. The summed E-state index contributed by atoms with van der Waals surface area (Å²) < 4.78 is 12.5. The van der Waals surface area contributed by atoms with E-state index in [0.717, 1.165) is 56.8 Å². The summed E-state index contributed by atoms with van der Waals surface area (Å²) >= 11 is 0. The number of nitrogens with zero attached hydrogens (tertiary/aromatic N) is 1. The second kappa shape index (κ2) is 6.34. The Kier molecular flexibility index (Phi) is 4.48. The summed E-state index contributed by atoms with van der Waals surface area (Å²) in [6.45, 7) is 6.82. The van der Waals surface area contributed by atoms with Crippen LogP contribution < -0.4 is 10.5 Å². The minimum atomic E-state index is -0.141. The van der Waals surface area contributed by atoms with E-state index in [1.807, 2.05) is 18.2 Å². The average molecular weight is 290 g/mol. The number of piperidine rings is 1. The first kappa shape index (κ1) is 14.8. The Morgan fingerprint density at radius 2 is 2.05 bits per heavy atom. The number of hydrogen-bond donors (Lipinski definition) is 1. The molecule has 3 rings (SSSR count).